The first-order valence-corrected chi connectivity index (χ1v) is 15.4. The zero-order chi connectivity index (χ0) is 30.0. The van der Waals surface area contributed by atoms with Crippen LogP contribution in [0.25, 0.3) is 10.9 Å². The summed E-state index contributed by atoms with van der Waals surface area (Å²) in [6.45, 7) is 1.57. The monoisotopic (exact) mass is 587 g/mol. The Morgan fingerprint density at radius 3 is 2.33 bits per heavy atom. The predicted molar refractivity (Wildman–Crippen MR) is 161 cm³/mol. The fourth-order valence-corrected chi connectivity index (χ4v) is 7.83. The van der Waals surface area contributed by atoms with Gasteiger partial charge >= 0.3 is 12.1 Å². The summed E-state index contributed by atoms with van der Waals surface area (Å²) in [5.74, 6) is 1.47. The largest absolute Gasteiger partial charge is 0.467 e. The minimum atomic E-state index is -1.32. The van der Waals surface area contributed by atoms with Crippen LogP contribution in [-0.4, -0.2) is 54.9 Å². The van der Waals surface area contributed by atoms with Crippen LogP contribution in [0.5, 0.6) is 0 Å². The lowest BCUT2D eigenvalue weighted by molar-refractivity contribution is -0.148. The van der Waals surface area contributed by atoms with Crippen molar-refractivity contribution >= 4 is 28.9 Å². The van der Waals surface area contributed by atoms with E-state index in [1.165, 1.54) is 13.5 Å². The predicted octanol–water partition coefficient (Wildman–Crippen LogP) is 5.07. The highest BCUT2D eigenvalue weighted by molar-refractivity contribution is 5.91. The molecule has 4 aliphatic rings. The molecule has 4 bridgehead atoms. The fourth-order valence-electron chi connectivity index (χ4n) is 7.83. The summed E-state index contributed by atoms with van der Waals surface area (Å²) in [5, 5.41) is 6.95. The molecule has 0 aliphatic heterocycles. The van der Waals surface area contributed by atoms with Gasteiger partial charge in [0.25, 0.3) is 0 Å². The molecule has 1 aromatic heterocycles. The molecule has 4 aliphatic carbocycles. The lowest BCUT2D eigenvalue weighted by Crippen LogP contribution is -2.60. The van der Waals surface area contributed by atoms with E-state index in [1.807, 2.05) is 60.8 Å². The van der Waals surface area contributed by atoms with Crippen molar-refractivity contribution in [3.63, 3.8) is 0 Å². The van der Waals surface area contributed by atoms with E-state index in [2.05, 4.69) is 15.6 Å². The summed E-state index contributed by atoms with van der Waals surface area (Å²) >= 11 is 0. The first kappa shape index (κ1) is 29.2. The number of H-pyrrole nitrogens is 1. The van der Waals surface area contributed by atoms with E-state index in [4.69, 9.17) is 14.2 Å². The number of carbonyl (C=O) groups is 3. The highest BCUT2D eigenvalue weighted by Gasteiger charge is 2.50. The van der Waals surface area contributed by atoms with Gasteiger partial charge in [-0.2, -0.15) is 0 Å². The van der Waals surface area contributed by atoms with Crippen molar-refractivity contribution in [2.24, 2.45) is 23.7 Å². The van der Waals surface area contributed by atoms with E-state index < -0.39 is 23.7 Å². The number of methoxy groups -OCH3 is 1. The second kappa shape index (κ2) is 12.4. The van der Waals surface area contributed by atoms with Gasteiger partial charge in [0.1, 0.15) is 24.4 Å². The van der Waals surface area contributed by atoms with E-state index in [0.29, 0.717) is 11.8 Å². The summed E-state index contributed by atoms with van der Waals surface area (Å²) in [5.41, 5.74) is 1.35. The third kappa shape index (κ3) is 6.42. The number of para-hydroxylation sites is 1. The fraction of sp³-hybridized carbons (Fsp3) is 0.500. The average Bonchev–Trinajstić information content (AvgIpc) is 3.41. The van der Waals surface area contributed by atoms with Crippen molar-refractivity contribution in [3.05, 3.63) is 71.9 Å². The zero-order valence-electron chi connectivity index (χ0n) is 24.8. The minimum Gasteiger partial charge on any atom is -0.467 e. The third-order valence-electron chi connectivity index (χ3n) is 9.73. The number of amides is 2. The Bertz CT molecular complexity index is 1430. The molecule has 0 saturated heterocycles. The number of nitrogens with one attached hydrogen (secondary N) is 3. The second-order valence-corrected chi connectivity index (χ2v) is 12.8. The number of carbonyl (C=O) groups excluding carboxylic acids is 3. The van der Waals surface area contributed by atoms with Gasteiger partial charge in [0.2, 0.25) is 5.91 Å². The molecule has 2 atom stereocenters. The molecule has 1 heterocycles. The molecule has 228 valence electrons. The molecule has 2 aromatic carbocycles. The summed E-state index contributed by atoms with van der Waals surface area (Å²) < 4.78 is 16.7. The van der Waals surface area contributed by atoms with Crippen LogP contribution < -0.4 is 10.6 Å². The SMILES string of the molecule is COC(=O)CO[C@@H](CNC(=O)[C@@](C)(Cc1c[nH]c2ccccc12)NC(=O)OC1C2CC3CC(C2)CC1C3)c1ccccc1. The molecule has 3 N–H and O–H groups in total. The topological polar surface area (TPSA) is 119 Å². The number of rotatable bonds is 11. The number of alkyl carbamates (subject to hydrolysis) is 1. The number of ether oxygens (including phenoxy) is 3. The lowest BCUT2D eigenvalue weighted by Gasteiger charge is -2.53. The normalized spacial score (nSPS) is 26.0. The molecule has 0 radical (unpaired) electrons. The Hall–Kier alpha value is -3.85. The third-order valence-corrected chi connectivity index (χ3v) is 9.73. The minimum absolute atomic E-state index is 0.0929. The molecule has 4 saturated carbocycles. The van der Waals surface area contributed by atoms with E-state index in [9.17, 15) is 14.4 Å². The number of aromatic nitrogens is 1. The van der Waals surface area contributed by atoms with Crippen LogP contribution in [0, 0.1) is 23.7 Å². The quantitative estimate of drug-likeness (QED) is 0.270. The maximum absolute atomic E-state index is 14.0. The summed E-state index contributed by atoms with van der Waals surface area (Å²) in [6.07, 6.45) is 6.72. The molecule has 9 heteroatoms. The molecule has 7 rings (SSSR count). The van der Waals surface area contributed by atoms with E-state index >= 15 is 0 Å². The Morgan fingerprint density at radius 1 is 0.953 bits per heavy atom. The Balaban J connectivity index is 1.19. The van der Waals surface area contributed by atoms with Gasteiger partial charge in [-0.25, -0.2) is 9.59 Å². The molecule has 43 heavy (non-hydrogen) atoms. The van der Waals surface area contributed by atoms with Crippen LogP contribution in [0.15, 0.2) is 60.8 Å². The van der Waals surface area contributed by atoms with Crippen molar-refractivity contribution in [2.75, 3.05) is 20.3 Å². The van der Waals surface area contributed by atoms with Crippen LogP contribution in [0.2, 0.25) is 0 Å². The number of fused-ring (bicyclic) bond motifs is 1. The summed E-state index contributed by atoms with van der Waals surface area (Å²) in [7, 11) is 1.30. The maximum atomic E-state index is 14.0. The van der Waals surface area contributed by atoms with Gasteiger partial charge in [0, 0.05) is 30.1 Å². The Morgan fingerprint density at radius 2 is 1.63 bits per heavy atom. The van der Waals surface area contributed by atoms with Crippen LogP contribution in [0.4, 0.5) is 4.79 Å². The number of aromatic amines is 1. The van der Waals surface area contributed by atoms with Gasteiger partial charge < -0.3 is 29.8 Å². The molecule has 3 aromatic rings. The number of hydrogen-bond acceptors (Lipinski definition) is 6. The van der Waals surface area contributed by atoms with Crippen molar-refractivity contribution in [2.45, 2.75) is 63.2 Å². The lowest BCUT2D eigenvalue weighted by atomic mass is 9.55. The van der Waals surface area contributed by atoms with Gasteiger partial charge in [0.05, 0.1) is 7.11 Å². The van der Waals surface area contributed by atoms with E-state index in [0.717, 1.165) is 59.5 Å². The highest BCUT2D eigenvalue weighted by Crippen LogP contribution is 2.54. The summed E-state index contributed by atoms with van der Waals surface area (Å²) in [4.78, 5) is 42.6. The highest BCUT2D eigenvalue weighted by atomic mass is 16.6. The Kier molecular flexibility index (Phi) is 8.43. The van der Waals surface area contributed by atoms with Gasteiger partial charge in [-0.15, -0.1) is 0 Å². The number of benzene rings is 2. The van der Waals surface area contributed by atoms with Gasteiger partial charge in [-0.3, -0.25) is 4.79 Å². The molecule has 4 fully saturated rings. The van der Waals surface area contributed by atoms with Crippen molar-refractivity contribution in [1.29, 1.82) is 0 Å². The Labute approximate surface area is 252 Å². The molecule has 0 unspecified atom stereocenters. The van der Waals surface area contributed by atoms with Gasteiger partial charge in [0.15, 0.2) is 0 Å². The molecule has 0 spiro atoms. The molecule has 9 nitrogen and oxygen atoms in total. The second-order valence-electron chi connectivity index (χ2n) is 12.8. The smallest absolute Gasteiger partial charge is 0.408 e. The number of esters is 1. The van der Waals surface area contributed by atoms with E-state index in [1.54, 1.807) is 6.92 Å². The first-order chi connectivity index (χ1) is 20.8. The van der Waals surface area contributed by atoms with Crippen molar-refractivity contribution < 1.29 is 28.6 Å². The molecular weight excluding hydrogens is 546 g/mol. The molecular formula is C34H41N3O6. The summed E-state index contributed by atoms with van der Waals surface area (Å²) in [6, 6.07) is 17.3. The van der Waals surface area contributed by atoms with Crippen LogP contribution in [0.3, 0.4) is 0 Å². The van der Waals surface area contributed by atoms with Crippen LogP contribution in [-0.2, 0) is 30.2 Å². The van der Waals surface area contributed by atoms with E-state index in [-0.39, 0.29) is 31.6 Å². The van der Waals surface area contributed by atoms with Crippen molar-refractivity contribution in [3.8, 4) is 0 Å². The molecule has 2 amide bonds. The number of hydrogen-bond donors (Lipinski definition) is 3. The zero-order valence-corrected chi connectivity index (χ0v) is 24.8. The van der Waals surface area contributed by atoms with Crippen LogP contribution in [0.1, 0.15) is 56.3 Å². The standard InChI is InChI=1S/C34H41N3O6/c1-34(17-26-18-35-28-11-7-6-10-27(26)28,37-33(40)43-31-24-13-21-12-22(15-24)16-25(31)14-21)32(39)36-19-29(42-20-30(38)41-2)23-8-4-3-5-9-23/h3-11,18,21-22,24-25,29,31,35H,12-17,19-20H2,1-2H3,(H,36,39)(H,37,40)/t21?,22?,24?,25?,29-,31?,34+/m0/s1. The van der Waals surface area contributed by atoms with Crippen molar-refractivity contribution in [1.82, 2.24) is 15.6 Å². The van der Waals surface area contributed by atoms with Gasteiger partial charge in [-0.05, 0) is 79.9 Å². The first-order valence-electron chi connectivity index (χ1n) is 15.4. The maximum Gasteiger partial charge on any atom is 0.408 e. The van der Waals surface area contributed by atoms with Gasteiger partial charge in [-0.1, -0.05) is 48.5 Å². The average molecular weight is 588 g/mol. The van der Waals surface area contributed by atoms with Crippen LogP contribution >= 0.6 is 0 Å².